The molecule has 25 heavy (non-hydrogen) atoms. The summed E-state index contributed by atoms with van der Waals surface area (Å²) in [6.45, 7) is 4.32. The Hall–Kier alpha value is -1.87. The predicted octanol–water partition coefficient (Wildman–Crippen LogP) is 4.81. The highest BCUT2D eigenvalue weighted by atomic mass is 31.2. The zero-order chi connectivity index (χ0) is 18.3. The maximum atomic E-state index is 12.7. The third-order valence-electron chi connectivity index (χ3n) is 3.69. The van der Waals surface area contributed by atoms with Crippen molar-refractivity contribution in [2.45, 2.75) is 13.8 Å². The zero-order valence-electron chi connectivity index (χ0n) is 15.3. The average Bonchev–Trinajstić information content (AvgIpc) is 2.61. The zero-order valence-corrected chi connectivity index (χ0v) is 16.2. The molecule has 0 unspecified atom stereocenters. The second-order valence-corrected chi connectivity index (χ2v) is 7.77. The molecule has 0 aliphatic rings. The first-order valence-electron chi connectivity index (χ1n) is 8.43. The largest absolute Gasteiger partial charge is 0.378 e. The summed E-state index contributed by atoms with van der Waals surface area (Å²) < 4.78 is 23.5. The van der Waals surface area contributed by atoms with E-state index in [1.54, 1.807) is 12.1 Å². The standard InChI is InChI=1S/C20H26NO3P/c1-5-23-25(22,24-6-2)20-15-11-18(12-16-20)8-7-17-9-13-19(14-10-17)21(3)4/h7-16H,5-6H2,1-4H3/b8-7+. The Balaban J connectivity index is 2.12. The lowest BCUT2D eigenvalue weighted by atomic mass is 10.1. The van der Waals surface area contributed by atoms with E-state index in [0.29, 0.717) is 18.5 Å². The number of nitrogens with zero attached hydrogens (tertiary/aromatic N) is 1. The molecule has 0 bridgehead atoms. The normalized spacial score (nSPS) is 11.8. The van der Waals surface area contributed by atoms with Crippen LogP contribution in [-0.4, -0.2) is 27.3 Å². The molecule has 0 heterocycles. The number of hydrogen-bond donors (Lipinski definition) is 0. The molecule has 0 N–H and O–H groups in total. The second kappa shape index (κ2) is 9.00. The first-order chi connectivity index (χ1) is 12.0. The van der Waals surface area contributed by atoms with Gasteiger partial charge in [0.2, 0.25) is 0 Å². The molecular weight excluding hydrogens is 333 g/mol. The van der Waals surface area contributed by atoms with Gasteiger partial charge in [0.15, 0.2) is 0 Å². The molecule has 0 saturated carbocycles. The lowest BCUT2D eigenvalue weighted by molar-refractivity contribution is 0.230. The molecule has 0 saturated heterocycles. The summed E-state index contributed by atoms with van der Waals surface area (Å²) in [5, 5.41) is 0.587. The van der Waals surface area contributed by atoms with Crippen LogP contribution in [0.5, 0.6) is 0 Å². The molecule has 0 aliphatic carbocycles. The van der Waals surface area contributed by atoms with Crippen LogP contribution in [0.1, 0.15) is 25.0 Å². The van der Waals surface area contributed by atoms with E-state index >= 15 is 0 Å². The van der Waals surface area contributed by atoms with E-state index in [1.165, 1.54) is 5.69 Å². The molecule has 0 fully saturated rings. The SMILES string of the molecule is CCOP(=O)(OCC)c1ccc(/C=C/c2ccc(N(C)C)cc2)cc1. The summed E-state index contributed by atoms with van der Waals surface area (Å²) in [5.41, 5.74) is 3.33. The third-order valence-corrected chi connectivity index (χ3v) is 5.81. The van der Waals surface area contributed by atoms with E-state index in [4.69, 9.17) is 9.05 Å². The molecule has 5 heteroatoms. The van der Waals surface area contributed by atoms with Gasteiger partial charge in [-0.2, -0.15) is 0 Å². The third kappa shape index (κ3) is 5.30. The van der Waals surface area contributed by atoms with Crippen molar-refractivity contribution >= 4 is 30.7 Å². The van der Waals surface area contributed by atoms with Gasteiger partial charge in [-0.3, -0.25) is 4.57 Å². The van der Waals surface area contributed by atoms with E-state index in [9.17, 15) is 4.57 Å². The number of anilines is 1. The van der Waals surface area contributed by atoms with Crippen LogP contribution >= 0.6 is 7.60 Å². The maximum Gasteiger partial charge on any atom is 0.361 e. The van der Waals surface area contributed by atoms with Gasteiger partial charge < -0.3 is 13.9 Å². The summed E-state index contributed by atoms with van der Waals surface area (Å²) in [4.78, 5) is 2.07. The quantitative estimate of drug-likeness (QED) is 0.501. The Morgan fingerprint density at radius 2 is 1.28 bits per heavy atom. The summed E-state index contributed by atoms with van der Waals surface area (Å²) in [7, 11) is 0.835. The molecule has 134 valence electrons. The first-order valence-corrected chi connectivity index (χ1v) is 9.98. The molecule has 0 aromatic heterocycles. The molecule has 2 rings (SSSR count). The Kier molecular flexibility index (Phi) is 7.01. The van der Waals surface area contributed by atoms with E-state index in [0.717, 1.165) is 11.1 Å². The van der Waals surface area contributed by atoms with Crippen LogP contribution in [0.2, 0.25) is 0 Å². The van der Waals surface area contributed by atoms with Crippen molar-refractivity contribution in [1.82, 2.24) is 0 Å². The fourth-order valence-electron chi connectivity index (χ4n) is 2.37. The maximum absolute atomic E-state index is 12.7. The summed E-state index contributed by atoms with van der Waals surface area (Å²) in [6.07, 6.45) is 4.08. The predicted molar refractivity (Wildman–Crippen MR) is 107 cm³/mol. The monoisotopic (exact) mass is 359 g/mol. The van der Waals surface area contributed by atoms with Gasteiger partial charge in [0.25, 0.3) is 0 Å². The van der Waals surface area contributed by atoms with Crippen molar-refractivity contribution in [2.24, 2.45) is 0 Å². The van der Waals surface area contributed by atoms with Crippen molar-refractivity contribution in [1.29, 1.82) is 0 Å². The molecule has 2 aromatic carbocycles. The van der Waals surface area contributed by atoms with Crippen LogP contribution < -0.4 is 10.2 Å². The fourth-order valence-corrected chi connectivity index (χ4v) is 3.94. The van der Waals surface area contributed by atoms with E-state index in [1.807, 2.05) is 46.2 Å². The van der Waals surface area contributed by atoms with Crippen molar-refractivity contribution < 1.29 is 13.6 Å². The Morgan fingerprint density at radius 3 is 1.68 bits per heavy atom. The molecule has 2 aromatic rings. The molecular formula is C20H26NO3P. The van der Waals surface area contributed by atoms with E-state index in [-0.39, 0.29) is 0 Å². The molecule has 0 aliphatic heterocycles. The van der Waals surface area contributed by atoms with E-state index < -0.39 is 7.60 Å². The summed E-state index contributed by atoms with van der Waals surface area (Å²) in [5.74, 6) is 0. The van der Waals surface area contributed by atoms with Gasteiger partial charge in [-0.15, -0.1) is 0 Å². The summed E-state index contributed by atoms with van der Waals surface area (Å²) >= 11 is 0. The number of rotatable bonds is 8. The molecule has 4 nitrogen and oxygen atoms in total. The van der Waals surface area contributed by atoms with Gasteiger partial charge >= 0.3 is 7.60 Å². The van der Waals surface area contributed by atoms with Crippen molar-refractivity contribution in [3.05, 3.63) is 59.7 Å². The number of benzene rings is 2. The smallest absolute Gasteiger partial charge is 0.361 e. The van der Waals surface area contributed by atoms with Gasteiger partial charge in [0.1, 0.15) is 0 Å². The van der Waals surface area contributed by atoms with Gasteiger partial charge in [-0.1, -0.05) is 36.4 Å². The van der Waals surface area contributed by atoms with Crippen LogP contribution in [0.25, 0.3) is 12.2 Å². The van der Waals surface area contributed by atoms with Crippen LogP contribution in [0.3, 0.4) is 0 Å². The van der Waals surface area contributed by atoms with Crippen molar-refractivity contribution in [2.75, 3.05) is 32.2 Å². The number of hydrogen-bond acceptors (Lipinski definition) is 4. The van der Waals surface area contributed by atoms with E-state index in [2.05, 4.69) is 35.2 Å². The second-order valence-electron chi connectivity index (χ2n) is 5.74. The Labute approximate surface area is 150 Å². The van der Waals surface area contributed by atoms with Gasteiger partial charge in [-0.25, -0.2) is 0 Å². The van der Waals surface area contributed by atoms with Crippen LogP contribution in [0.15, 0.2) is 48.5 Å². The average molecular weight is 359 g/mol. The van der Waals surface area contributed by atoms with Gasteiger partial charge in [0, 0.05) is 19.8 Å². The molecule has 0 atom stereocenters. The molecule has 0 spiro atoms. The first kappa shape index (κ1) is 19.5. The van der Waals surface area contributed by atoms with Crippen molar-refractivity contribution in [3.63, 3.8) is 0 Å². The minimum absolute atomic E-state index is 0.349. The van der Waals surface area contributed by atoms with Crippen LogP contribution in [0.4, 0.5) is 5.69 Å². The Bertz CT molecular complexity index is 727. The topological polar surface area (TPSA) is 38.8 Å². The highest BCUT2D eigenvalue weighted by Crippen LogP contribution is 2.46. The lowest BCUT2D eigenvalue weighted by Crippen LogP contribution is -2.10. The lowest BCUT2D eigenvalue weighted by Gasteiger charge is -2.17. The van der Waals surface area contributed by atoms with Crippen molar-refractivity contribution in [3.8, 4) is 0 Å². The minimum atomic E-state index is -3.21. The fraction of sp³-hybridized carbons (Fsp3) is 0.300. The highest BCUT2D eigenvalue weighted by molar-refractivity contribution is 7.62. The minimum Gasteiger partial charge on any atom is -0.378 e. The Morgan fingerprint density at radius 1 is 0.840 bits per heavy atom. The van der Waals surface area contributed by atoms with Crippen LogP contribution in [-0.2, 0) is 13.6 Å². The van der Waals surface area contributed by atoms with Crippen LogP contribution in [0, 0.1) is 0 Å². The molecule has 0 amide bonds. The molecule has 0 radical (unpaired) electrons. The highest BCUT2D eigenvalue weighted by Gasteiger charge is 2.26. The van der Waals surface area contributed by atoms with Gasteiger partial charge in [-0.05, 0) is 49.2 Å². The van der Waals surface area contributed by atoms with Gasteiger partial charge in [0.05, 0.1) is 18.5 Å². The summed E-state index contributed by atoms with van der Waals surface area (Å²) in [6, 6.07) is 15.8.